The summed E-state index contributed by atoms with van der Waals surface area (Å²) in [5.74, 6) is -7.52. The summed E-state index contributed by atoms with van der Waals surface area (Å²) in [5, 5.41) is 43.4. The molecule has 4 aromatic carbocycles. The molecule has 0 aliphatic carbocycles. The number of amides is 2. The van der Waals surface area contributed by atoms with Crippen molar-refractivity contribution in [3.05, 3.63) is 127 Å². The molecule has 0 saturated heterocycles. The molecule has 62 heavy (non-hydrogen) atoms. The highest BCUT2D eigenvalue weighted by molar-refractivity contribution is 9.10. The van der Waals surface area contributed by atoms with E-state index >= 15 is 0 Å². The van der Waals surface area contributed by atoms with Crippen LogP contribution in [0, 0.1) is 31.4 Å². The molecule has 0 fully saturated rings. The van der Waals surface area contributed by atoms with E-state index in [1.807, 2.05) is 0 Å². The molecule has 2 unspecified atom stereocenters. The van der Waals surface area contributed by atoms with Crippen molar-refractivity contribution >= 4 is 89.2 Å². The fraction of sp³-hybridized carbons (Fsp3) is 0.227. The first-order valence-electron chi connectivity index (χ1n) is 18.8. The van der Waals surface area contributed by atoms with E-state index in [0.717, 1.165) is 21.1 Å². The number of halogens is 4. The van der Waals surface area contributed by atoms with Gasteiger partial charge in [-0.1, -0.05) is 38.8 Å². The van der Waals surface area contributed by atoms with Gasteiger partial charge in [-0.05, 0) is 92.6 Å². The maximum atomic E-state index is 14.1. The Kier molecular flexibility index (Phi) is 14.7. The highest BCUT2D eigenvalue weighted by atomic mass is 79.9. The summed E-state index contributed by atoms with van der Waals surface area (Å²) in [6.07, 6.45) is -0.571. The Bertz CT molecular complexity index is 2750. The number of rotatable bonds is 12. The zero-order chi connectivity index (χ0) is 45.7. The highest BCUT2D eigenvalue weighted by Gasteiger charge is 2.26. The van der Waals surface area contributed by atoms with Crippen molar-refractivity contribution in [1.82, 2.24) is 19.8 Å². The highest BCUT2D eigenvalue weighted by Crippen LogP contribution is 2.34. The minimum Gasteiger partial charge on any atom is -0.505 e. The summed E-state index contributed by atoms with van der Waals surface area (Å²) in [5.41, 5.74) is 2.91. The molecule has 0 aliphatic heterocycles. The number of aromatic nitrogens is 2. The van der Waals surface area contributed by atoms with Crippen LogP contribution in [-0.4, -0.2) is 77.7 Å². The van der Waals surface area contributed by atoms with E-state index in [4.69, 9.17) is 10.2 Å². The lowest BCUT2D eigenvalue weighted by Crippen LogP contribution is -2.35. The van der Waals surface area contributed by atoms with Crippen molar-refractivity contribution in [3.63, 3.8) is 0 Å². The van der Waals surface area contributed by atoms with Crippen LogP contribution in [0.25, 0.3) is 21.8 Å². The summed E-state index contributed by atoms with van der Waals surface area (Å²) in [6.45, 7) is 6.25. The number of carbonyl (C=O) groups excluding carboxylic acids is 4. The lowest BCUT2D eigenvalue weighted by Gasteiger charge is -2.12. The Morgan fingerprint density at radius 1 is 0.661 bits per heavy atom. The molecular formula is C44H40Br2F2N4O10. The smallest absolute Gasteiger partial charge is 0.308 e. The predicted octanol–water partition coefficient (Wildman–Crippen LogP) is 7.39. The Hall–Kier alpha value is -6.40. The number of benzene rings is 4. The molecule has 0 saturated carbocycles. The van der Waals surface area contributed by atoms with Gasteiger partial charge in [0.1, 0.15) is 0 Å². The van der Waals surface area contributed by atoms with E-state index in [1.165, 1.54) is 28.2 Å². The van der Waals surface area contributed by atoms with Gasteiger partial charge in [0.15, 0.2) is 23.1 Å². The van der Waals surface area contributed by atoms with Gasteiger partial charge in [-0.15, -0.1) is 0 Å². The first-order valence-corrected chi connectivity index (χ1v) is 20.4. The number of hydrogen-bond donors (Lipinski definition) is 6. The molecule has 2 amide bonds. The van der Waals surface area contributed by atoms with Gasteiger partial charge in [0.2, 0.25) is 11.8 Å². The fourth-order valence-electron chi connectivity index (χ4n) is 6.77. The molecule has 6 aromatic rings. The molecule has 18 heteroatoms. The number of carboxylic acids is 2. The lowest BCUT2D eigenvalue weighted by atomic mass is 10.1. The molecule has 2 heterocycles. The van der Waals surface area contributed by atoms with E-state index in [2.05, 4.69) is 42.5 Å². The Labute approximate surface area is 369 Å². The van der Waals surface area contributed by atoms with Gasteiger partial charge in [-0.2, -0.15) is 0 Å². The second-order valence-corrected chi connectivity index (χ2v) is 16.4. The van der Waals surface area contributed by atoms with Crippen LogP contribution in [0.1, 0.15) is 63.5 Å². The summed E-state index contributed by atoms with van der Waals surface area (Å²) >= 11 is 6.62. The van der Waals surface area contributed by atoms with Crippen LogP contribution in [-0.2, 0) is 32.0 Å². The normalized spacial score (nSPS) is 12.0. The molecule has 324 valence electrons. The zero-order valence-electron chi connectivity index (χ0n) is 33.6. The average Bonchev–Trinajstić information content (AvgIpc) is 3.60. The van der Waals surface area contributed by atoms with Crippen molar-refractivity contribution in [2.24, 2.45) is 5.92 Å². The number of carbonyl (C=O) groups is 6. The van der Waals surface area contributed by atoms with Crippen LogP contribution in [0.2, 0.25) is 0 Å². The third-order valence-corrected chi connectivity index (χ3v) is 11.0. The summed E-state index contributed by atoms with van der Waals surface area (Å²) in [6, 6.07) is 17.2. The maximum absolute atomic E-state index is 14.1. The van der Waals surface area contributed by atoms with Gasteiger partial charge in [-0.25, -0.2) is 8.78 Å². The second-order valence-electron chi connectivity index (χ2n) is 14.5. The van der Waals surface area contributed by atoms with Gasteiger partial charge >= 0.3 is 11.9 Å². The summed E-state index contributed by atoms with van der Waals surface area (Å²) < 4.78 is 32.5. The van der Waals surface area contributed by atoms with E-state index < -0.39 is 70.7 Å². The quantitative estimate of drug-likeness (QED) is 0.0715. The number of nitrogens with zero attached hydrogens (tertiary/aromatic N) is 2. The van der Waals surface area contributed by atoms with Gasteiger partial charge in [0.25, 0.3) is 11.8 Å². The van der Waals surface area contributed by atoms with Crippen molar-refractivity contribution in [2.75, 3.05) is 6.54 Å². The monoisotopic (exact) mass is 980 g/mol. The van der Waals surface area contributed by atoms with E-state index in [0.29, 0.717) is 44.4 Å². The number of phenolic OH excluding ortho intramolecular Hbond substituents is 2. The maximum Gasteiger partial charge on any atom is 0.308 e. The van der Waals surface area contributed by atoms with Gasteiger partial charge < -0.3 is 31.1 Å². The van der Waals surface area contributed by atoms with Crippen LogP contribution >= 0.6 is 31.9 Å². The van der Waals surface area contributed by atoms with E-state index in [1.54, 1.807) is 69.3 Å². The molecule has 6 rings (SSSR count). The predicted molar refractivity (Wildman–Crippen MR) is 231 cm³/mol. The third-order valence-electron chi connectivity index (χ3n) is 9.99. The Balaban J connectivity index is 0.000000234. The van der Waals surface area contributed by atoms with Gasteiger partial charge in [-0.3, -0.25) is 37.9 Å². The molecule has 0 spiro atoms. The Morgan fingerprint density at radius 2 is 1.06 bits per heavy atom. The van der Waals surface area contributed by atoms with Crippen LogP contribution in [0.3, 0.4) is 0 Å². The van der Waals surface area contributed by atoms with Crippen molar-refractivity contribution in [1.29, 1.82) is 0 Å². The number of nitrogens with one attached hydrogen (secondary N) is 2. The largest absolute Gasteiger partial charge is 0.505 e. The van der Waals surface area contributed by atoms with Crippen LogP contribution < -0.4 is 10.6 Å². The fourth-order valence-corrected chi connectivity index (χ4v) is 7.30. The van der Waals surface area contributed by atoms with E-state index in [9.17, 15) is 47.8 Å². The second kappa shape index (κ2) is 19.5. The SMILES string of the molecule is Cc1c(CC(=O)NC(C)CC(=O)O)c2cc(O)c(F)cc2n1C(=O)c1ccc(Br)cc1.Cc1c(CC(=O)NCC(C)C(=O)O)c2cc(O)c(F)cc2n1C(=O)c1ccc(Br)cc1. The first kappa shape index (κ1) is 46.7. The van der Waals surface area contributed by atoms with E-state index in [-0.39, 0.29) is 36.8 Å². The molecule has 14 nitrogen and oxygen atoms in total. The summed E-state index contributed by atoms with van der Waals surface area (Å²) in [7, 11) is 0. The third kappa shape index (κ3) is 10.5. The number of aromatic hydroxyl groups is 2. The van der Waals surface area contributed by atoms with Gasteiger partial charge in [0.05, 0.1) is 36.2 Å². The number of hydrogen-bond acceptors (Lipinski definition) is 8. The van der Waals surface area contributed by atoms with Crippen molar-refractivity contribution in [3.8, 4) is 11.5 Å². The van der Waals surface area contributed by atoms with Crippen LogP contribution in [0.15, 0.2) is 81.7 Å². The minimum atomic E-state index is -1.04. The molecule has 6 N–H and O–H groups in total. The number of aliphatic carboxylic acids is 2. The number of phenols is 2. The van der Waals surface area contributed by atoms with Crippen molar-refractivity contribution < 1.29 is 58.0 Å². The number of fused-ring (bicyclic) bond motifs is 2. The molecule has 0 bridgehead atoms. The molecule has 0 aliphatic rings. The molecular weight excluding hydrogens is 942 g/mol. The molecule has 2 atom stereocenters. The summed E-state index contributed by atoms with van der Waals surface area (Å²) in [4.78, 5) is 73.1. The standard InChI is InChI=1S/2C22H20BrFN2O5/c1-11(22(30)31)10-25-20(28)8-15-12(2)26(18-9-17(24)19(27)7-16(15)18)21(29)13-3-5-14(23)6-4-13;1-11(7-21(29)30)25-20(28)9-15-12(2)26(18-10-17(24)19(27)8-16(15)18)22(31)13-3-5-14(23)6-4-13/h3-7,9,11,27H,8,10H2,1-2H3,(H,25,28)(H,30,31);3-6,8,10-11,27H,7,9H2,1-2H3,(H,25,28)(H,29,30). The zero-order valence-corrected chi connectivity index (χ0v) is 36.7. The molecule has 0 radical (unpaired) electrons. The topological polar surface area (TPSA) is 217 Å². The number of carboxylic acid groups (broad SMARTS) is 2. The lowest BCUT2D eigenvalue weighted by molar-refractivity contribution is -0.141. The Morgan fingerprint density at radius 3 is 1.45 bits per heavy atom. The minimum absolute atomic E-state index is 0.0520. The molecule has 2 aromatic heterocycles. The van der Waals surface area contributed by atoms with Gasteiger partial charge in [0, 0.05) is 67.0 Å². The van der Waals surface area contributed by atoms with Crippen LogP contribution in [0.5, 0.6) is 11.5 Å². The average molecular weight is 983 g/mol. The van der Waals surface area contributed by atoms with Crippen molar-refractivity contribution in [2.45, 2.75) is 53.0 Å². The van der Waals surface area contributed by atoms with Crippen LogP contribution in [0.4, 0.5) is 8.78 Å². The first-order chi connectivity index (χ1) is 29.2.